The summed E-state index contributed by atoms with van der Waals surface area (Å²) in [6, 6.07) is 3.01. The van der Waals surface area contributed by atoms with E-state index in [1.165, 1.54) is 31.6 Å². The summed E-state index contributed by atoms with van der Waals surface area (Å²) in [5.41, 5.74) is 5.93. The van der Waals surface area contributed by atoms with Crippen LogP contribution in [0.15, 0.2) is 43.0 Å². The van der Waals surface area contributed by atoms with E-state index in [0.717, 1.165) is 30.4 Å². The van der Waals surface area contributed by atoms with Crippen LogP contribution in [0.5, 0.6) is 0 Å². The Bertz CT molecular complexity index is 1360. The van der Waals surface area contributed by atoms with E-state index >= 15 is 0 Å². The minimum absolute atomic E-state index is 0.0148. The number of alkyl halides is 3. The van der Waals surface area contributed by atoms with E-state index < -0.39 is 29.6 Å². The number of aromatic nitrogens is 3. The van der Waals surface area contributed by atoms with E-state index in [9.17, 15) is 22.8 Å². The van der Waals surface area contributed by atoms with Crippen LogP contribution in [0.1, 0.15) is 61.2 Å². The minimum Gasteiger partial charge on any atom is -0.383 e. The Hall–Kier alpha value is -4.00. The zero-order valence-electron chi connectivity index (χ0n) is 20.0. The smallest absolute Gasteiger partial charge is 0.383 e. The first kappa shape index (κ1) is 26.1. The van der Waals surface area contributed by atoms with Crippen molar-refractivity contribution in [1.82, 2.24) is 25.2 Å². The number of anilines is 2. The molecule has 0 saturated carbocycles. The summed E-state index contributed by atoms with van der Waals surface area (Å²) in [4.78, 5) is 40.2. The highest BCUT2D eigenvalue weighted by atomic mass is 32.1. The van der Waals surface area contributed by atoms with Gasteiger partial charge < -0.3 is 21.3 Å². The van der Waals surface area contributed by atoms with Crippen LogP contribution in [0, 0.1) is 6.92 Å². The van der Waals surface area contributed by atoms with Gasteiger partial charge in [0.25, 0.3) is 11.8 Å². The van der Waals surface area contributed by atoms with Gasteiger partial charge in [-0.1, -0.05) is 12.1 Å². The monoisotopic (exact) mass is 531 g/mol. The molecule has 0 bridgehead atoms. The molecule has 1 atom stereocenters. The molecule has 4 rings (SSSR count). The van der Waals surface area contributed by atoms with Gasteiger partial charge in [0.1, 0.15) is 27.7 Å². The largest absolute Gasteiger partial charge is 0.416 e. The average molecular weight is 532 g/mol. The Morgan fingerprint density at radius 1 is 1.22 bits per heavy atom. The lowest BCUT2D eigenvalue weighted by atomic mass is 10.1. The van der Waals surface area contributed by atoms with Gasteiger partial charge >= 0.3 is 6.18 Å². The molecule has 2 aromatic heterocycles. The number of benzene rings is 1. The van der Waals surface area contributed by atoms with Crippen molar-refractivity contribution in [2.75, 3.05) is 17.6 Å². The van der Waals surface area contributed by atoms with Crippen LogP contribution in [0.25, 0.3) is 0 Å². The normalized spacial score (nSPS) is 14.0. The number of thiazole rings is 1. The topological polar surface area (TPSA) is 126 Å². The van der Waals surface area contributed by atoms with Gasteiger partial charge in [-0.05, 0) is 44.2 Å². The number of nitrogens with one attached hydrogen (secondary N) is 2. The first-order valence-electron chi connectivity index (χ1n) is 11.3. The Morgan fingerprint density at radius 2 is 2.00 bits per heavy atom. The Balaban J connectivity index is 1.44. The van der Waals surface area contributed by atoms with E-state index in [-0.39, 0.29) is 27.6 Å². The predicted octanol–water partition coefficient (Wildman–Crippen LogP) is 4.31. The molecule has 0 aliphatic carbocycles. The van der Waals surface area contributed by atoms with Gasteiger partial charge in [0.2, 0.25) is 0 Å². The van der Waals surface area contributed by atoms with Crippen molar-refractivity contribution in [1.29, 1.82) is 0 Å². The molecule has 0 saturated heterocycles. The molecule has 37 heavy (non-hydrogen) atoms. The van der Waals surface area contributed by atoms with Crippen molar-refractivity contribution in [2.45, 2.75) is 39.0 Å². The highest BCUT2D eigenvalue weighted by Gasteiger charge is 2.32. The fraction of sp³-hybridized carbons (Fsp3) is 0.292. The van der Waals surface area contributed by atoms with Crippen molar-refractivity contribution in [3.63, 3.8) is 0 Å². The average Bonchev–Trinajstić information content (AvgIpc) is 3.53. The molecule has 9 nitrogen and oxygen atoms in total. The van der Waals surface area contributed by atoms with Gasteiger partial charge in [-0.3, -0.25) is 9.59 Å². The molecule has 2 amide bonds. The third-order valence-corrected chi connectivity index (χ3v) is 6.90. The van der Waals surface area contributed by atoms with Crippen LogP contribution >= 0.6 is 11.3 Å². The number of halogens is 3. The first-order valence-corrected chi connectivity index (χ1v) is 12.1. The maximum atomic E-state index is 13.2. The molecule has 0 spiro atoms. The van der Waals surface area contributed by atoms with Crippen LogP contribution in [0.3, 0.4) is 0 Å². The number of aryl methyl sites for hydroxylation is 1. The highest BCUT2D eigenvalue weighted by Crippen LogP contribution is 2.33. The molecule has 0 radical (unpaired) electrons. The van der Waals surface area contributed by atoms with Crippen molar-refractivity contribution in [3.8, 4) is 0 Å². The molecule has 0 fully saturated rings. The quantitative estimate of drug-likeness (QED) is 0.415. The second kappa shape index (κ2) is 10.5. The summed E-state index contributed by atoms with van der Waals surface area (Å²) >= 11 is 1.02. The van der Waals surface area contributed by atoms with Gasteiger partial charge in [-0.25, -0.2) is 15.0 Å². The SMILES string of the molecule is Cc1ccc(NC(=O)c2cnc(C(C)NC(=O)c3ncnc(N)c3CN3C=CCC3)s2)cc1C(F)(F)F. The number of amides is 2. The van der Waals surface area contributed by atoms with Crippen molar-refractivity contribution in [3.05, 3.63) is 75.3 Å². The summed E-state index contributed by atoms with van der Waals surface area (Å²) in [6.45, 7) is 4.23. The van der Waals surface area contributed by atoms with Gasteiger partial charge in [0.05, 0.1) is 17.8 Å². The number of nitrogen functional groups attached to an aromatic ring is 1. The first-order chi connectivity index (χ1) is 17.5. The van der Waals surface area contributed by atoms with Crippen LogP contribution in [-0.2, 0) is 12.7 Å². The number of rotatable bonds is 7. The van der Waals surface area contributed by atoms with Crippen molar-refractivity contribution < 1.29 is 22.8 Å². The maximum Gasteiger partial charge on any atom is 0.416 e. The number of hydrogen-bond acceptors (Lipinski definition) is 8. The van der Waals surface area contributed by atoms with Crippen molar-refractivity contribution in [2.24, 2.45) is 0 Å². The molecular formula is C24H24F3N7O2S. The van der Waals surface area contributed by atoms with E-state index in [2.05, 4.69) is 25.6 Å². The summed E-state index contributed by atoms with van der Waals surface area (Å²) in [6.07, 6.45) is 2.85. The number of hydrogen-bond donors (Lipinski definition) is 3. The van der Waals surface area contributed by atoms with E-state index in [1.807, 2.05) is 17.2 Å². The molecule has 1 aliphatic rings. The molecule has 1 aliphatic heterocycles. The highest BCUT2D eigenvalue weighted by molar-refractivity contribution is 7.13. The summed E-state index contributed by atoms with van der Waals surface area (Å²) in [5, 5.41) is 5.71. The maximum absolute atomic E-state index is 13.2. The van der Waals surface area contributed by atoms with E-state index in [4.69, 9.17) is 5.73 Å². The van der Waals surface area contributed by atoms with Gasteiger partial charge in [-0.15, -0.1) is 11.3 Å². The van der Waals surface area contributed by atoms with E-state index in [1.54, 1.807) is 6.92 Å². The molecule has 3 aromatic rings. The van der Waals surface area contributed by atoms with Gasteiger partial charge in [-0.2, -0.15) is 13.2 Å². The molecular weight excluding hydrogens is 507 g/mol. The number of nitrogens with two attached hydrogens (primary N) is 1. The van der Waals surface area contributed by atoms with Crippen LogP contribution < -0.4 is 16.4 Å². The lowest BCUT2D eigenvalue weighted by Crippen LogP contribution is -2.30. The molecule has 13 heteroatoms. The van der Waals surface area contributed by atoms with E-state index in [0.29, 0.717) is 17.1 Å². The zero-order chi connectivity index (χ0) is 26.7. The van der Waals surface area contributed by atoms with Crippen LogP contribution in [0.2, 0.25) is 0 Å². The molecule has 4 N–H and O–H groups in total. The summed E-state index contributed by atoms with van der Waals surface area (Å²) in [7, 11) is 0. The third-order valence-electron chi connectivity index (χ3n) is 5.72. The molecule has 1 unspecified atom stereocenters. The minimum atomic E-state index is -4.53. The lowest BCUT2D eigenvalue weighted by molar-refractivity contribution is -0.138. The molecule has 194 valence electrons. The summed E-state index contributed by atoms with van der Waals surface area (Å²) in [5.74, 6) is -0.866. The number of carbonyl (C=O) groups excluding carboxylic acids is 2. The van der Waals surface area contributed by atoms with Crippen molar-refractivity contribution >= 4 is 34.7 Å². The van der Waals surface area contributed by atoms with Crippen LogP contribution in [0.4, 0.5) is 24.7 Å². The van der Waals surface area contributed by atoms with Gasteiger partial charge in [0.15, 0.2) is 0 Å². The Kier molecular flexibility index (Phi) is 7.43. The number of nitrogens with zero attached hydrogens (tertiary/aromatic N) is 4. The third kappa shape index (κ3) is 6.05. The second-order valence-corrected chi connectivity index (χ2v) is 9.53. The summed E-state index contributed by atoms with van der Waals surface area (Å²) < 4.78 is 39.5. The zero-order valence-corrected chi connectivity index (χ0v) is 20.8. The lowest BCUT2D eigenvalue weighted by Gasteiger charge is -2.19. The molecule has 1 aromatic carbocycles. The Labute approximate surface area is 214 Å². The fourth-order valence-corrected chi connectivity index (χ4v) is 4.58. The Morgan fingerprint density at radius 3 is 2.70 bits per heavy atom. The number of carbonyl (C=O) groups is 2. The molecule has 3 heterocycles. The van der Waals surface area contributed by atoms with Gasteiger partial charge in [0, 0.05) is 24.3 Å². The standard InChI is InChI=1S/C24H24F3N7O2S/c1-13-5-6-15(9-17(13)24(25,26)27)33-21(35)18-10-29-23(37-18)14(2)32-22(36)19-16(20(28)31-12-30-19)11-34-7-3-4-8-34/h3,5-7,9-10,12,14H,4,8,11H2,1-2H3,(H,32,36)(H,33,35)(H2,28,30,31). The predicted molar refractivity (Wildman–Crippen MR) is 133 cm³/mol. The van der Waals surface area contributed by atoms with Crippen LogP contribution in [-0.4, -0.2) is 38.2 Å². The fourth-order valence-electron chi connectivity index (χ4n) is 3.77. The second-order valence-electron chi connectivity index (χ2n) is 8.47.